The molecule has 1 aliphatic rings. The summed E-state index contributed by atoms with van der Waals surface area (Å²) in [7, 11) is 0. The number of morpholine rings is 1. The number of aromatic carboxylic acids is 1. The van der Waals surface area contributed by atoms with Gasteiger partial charge in [0, 0.05) is 25.0 Å². The number of carbonyl (C=O) groups is 1. The predicted octanol–water partition coefficient (Wildman–Crippen LogP) is 2.07. The number of benzene rings is 1. The van der Waals surface area contributed by atoms with E-state index in [0.29, 0.717) is 16.7 Å². The number of hydrogen-bond donors (Lipinski definition) is 2. The molecule has 1 aromatic carbocycles. The van der Waals surface area contributed by atoms with Crippen LogP contribution < -0.4 is 5.32 Å². The highest BCUT2D eigenvalue weighted by atomic mass is 16.5. The molecule has 6 nitrogen and oxygen atoms in total. The van der Waals surface area contributed by atoms with E-state index < -0.39 is 5.97 Å². The zero-order chi connectivity index (χ0) is 16.1. The normalized spacial score (nSPS) is 15.7. The van der Waals surface area contributed by atoms with Crippen LogP contribution in [0.2, 0.25) is 0 Å². The van der Waals surface area contributed by atoms with E-state index in [1.54, 1.807) is 12.1 Å². The molecule has 1 fully saturated rings. The fraction of sp³-hybridized carbons (Fsp3) is 0.412. The zero-order valence-corrected chi connectivity index (χ0v) is 13.0. The van der Waals surface area contributed by atoms with Crippen molar-refractivity contribution in [2.45, 2.75) is 6.42 Å². The third-order valence-corrected chi connectivity index (χ3v) is 4.01. The zero-order valence-electron chi connectivity index (χ0n) is 13.0. The molecule has 2 heterocycles. The van der Waals surface area contributed by atoms with Gasteiger partial charge in [0.15, 0.2) is 0 Å². The van der Waals surface area contributed by atoms with Crippen molar-refractivity contribution < 1.29 is 14.6 Å². The van der Waals surface area contributed by atoms with Crippen LogP contribution in [0.25, 0.3) is 10.9 Å². The number of ether oxygens (including phenoxy) is 1. The summed E-state index contributed by atoms with van der Waals surface area (Å²) in [6.45, 7) is 5.36. The van der Waals surface area contributed by atoms with Gasteiger partial charge in [-0.05, 0) is 25.1 Å². The van der Waals surface area contributed by atoms with Crippen LogP contribution in [0.15, 0.2) is 30.3 Å². The molecule has 3 rings (SSSR count). The molecule has 0 amide bonds. The Kier molecular flexibility index (Phi) is 5.05. The van der Waals surface area contributed by atoms with Crippen molar-refractivity contribution in [3.05, 3.63) is 35.9 Å². The van der Waals surface area contributed by atoms with Crippen molar-refractivity contribution in [3.8, 4) is 0 Å². The lowest BCUT2D eigenvalue weighted by atomic mass is 10.1. The lowest BCUT2D eigenvalue weighted by Gasteiger charge is -2.26. The Hall–Kier alpha value is -2.18. The molecule has 0 spiro atoms. The SMILES string of the molecule is O=C(O)c1cc(NCCCN2CCOCC2)nc2ccccc12. The molecule has 2 N–H and O–H groups in total. The van der Waals surface area contributed by atoms with Crippen molar-refractivity contribution in [1.82, 2.24) is 9.88 Å². The van der Waals surface area contributed by atoms with Gasteiger partial charge in [-0.1, -0.05) is 18.2 Å². The number of para-hydroxylation sites is 1. The molecule has 1 saturated heterocycles. The largest absolute Gasteiger partial charge is 0.478 e. The first-order chi connectivity index (χ1) is 11.2. The van der Waals surface area contributed by atoms with Crippen molar-refractivity contribution in [2.75, 3.05) is 44.7 Å². The second kappa shape index (κ2) is 7.39. The fourth-order valence-electron chi connectivity index (χ4n) is 2.79. The topological polar surface area (TPSA) is 74.7 Å². The van der Waals surface area contributed by atoms with E-state index in [2.05, 4.69) is 15.2 Å². The van der Waals surface area contributed by atoms with E-state index in [4.69, 9.17) is 4.74 Å². The monoisotopic (exact) mass is 315 g/mol. The summed E-state index contributed by atoms with van der Waals surface area (Å²) in [4.78, 5) is 18.3. The average molecular weight is 315 g/mol. The maximum Gasteiger partial charge on any atom is 0.336 e. The van der Waals surface area contributed by atoms with Crippen LogP contribution in [0.4, 0.5) is 5.82 Å². The van der Waals surface area contributed by atoms with Crippen LogP contribution in [0.5, 0.6) is 0 Å². The number of pyridine rings is 1. The Morgan fingerprint density at radius 1 is 1.30 bits per heavy atom. The number of fused-ring (bicyclic) bond motifs is 1. The van der Waals surface area contributed by atoms with Crippen LogP contribution in [-0.2, 0) is 4.74 Å². The molecule has 0 bridgehead atoms. The molecule has 6 heteroatoms. The standard InChI is InChI=1S/C17H21N3O3/c21-17(22)14-12-16(19-15-5-2-1-4-13(14)15)18-6-3-7-20-8-10-23-11-9-20/h1-2,4-5,12H,3,6-11H2,(H,18,19)(H,21,22). The molecule has 0 aliphatic carbocycles. The molecule has 0 saturated carbocycles. The van der Waals surface area contributed by atoms with E-state index in [-0.39, 0.29) is 5.56 Å². The Balaban J connectivity index is 1.62. The van der Waals surface area contributed by atoms with Gasteiger partial charge >= 0.3 is 5.97 Å². The molecule has 0 atom stereocenters. The van der Waals surface area contributed by atoms with E-state index >= 15 is 0 Å². The molecular weight excluding hydrogens is 294 g/mol. The Morgan fingerprint density at radius 2 is 2.09 bits per heavy atom. The summed E-state index contributed by atoms with van der Waals surface area (Å²) in [5, 5.41) is 13.3. The highest BCUT2D eigenvalue weighted by Gasteiger charge is 2.12. The molecule has 1 aromatic heterocycles. The van der Waals surface area contributed by atoms with Crippen LogP contribution in [0, 0.1) is 0 Å². The van der Waals surface area contributed by atoms with Gasteiger partial charge in [-0.25, -0.2) is 9.78 Å². The molecule has 122 valence electrons. The average Bonchev–Trinajstić information content (AvgIpc) is 2.59. The first-order valence-corrected chi connectivity index (χ1v) is 7.91. The first kappa shape index (κ1) is 15.7. The Labute approximate surface area is 135 Å². The van der Waals surface area contributed by atoms with Crippen LogP contribution in [0.3, 0.4) is 0 Å². The molecular formula is C17H21N3O3. The predicted molar refractivity (Wildman–Crippen MR) is 89.1 cm³/mol. The number of hydrogen-bond acceptors (Lipinski definition) is 5. The molecule has 0 unspecified atom stereocenters. The van der Waals surface area contributed by atoms with Crippen LogP contribution in [-0.4, -0.2) is 60.4 Å². The number of nitrogens with zero attached hydrogens (tertiary/aromatic N) is 2. The highest BCUT2D eigenvalue weighted by molar-refractivity contribution is 6.03. The van der Waals surface area contributed by atoms with Crippen molar-refractivity contribution in [2.24, 2.45) is 0 Å². The lowest BCUT2D eigenvalue weighted by Crippen LogP contribution is -2.37. The number of anilines is 1. The van der Waals surface area contributed by atoms with Gasteiger partial charge in [-0.2, -0.15) is 0 Å². The quantitative estimate of drug-likeness (QED) is 0.795. The minimum absolute atomic E-state index is 0.284. The van der Waals surface area contributed by atoms with Crippen molar-refractivity contribution >= 4 is 22.7 Å². The third-order valence-electron chi connectivity index (χ3n) is 4.01. The second-order valence-electron chi connectivity index (χ2n) is 5.61. The third kappa shape index (κ3) is 3.97. The number of rotatable bonds is 6. The number of carboxylic acids is 1. The fourth-order valence-corrected chi connectivity index (χ4v) is 2.79. The smallest absolute Gasteiger partial charge is 0.336 e. The Bertz CT molecular complexity index is 684. The second-order valence-corrected chi connectivity index (χ2v) is 5.61. The maximum atomic E-state index is 11.4. The van der Waals surface area contributed by atoms with Gasteiger partial charge in [0.1, 0.15) is 5.82 Å². The summed E-state index contributed by atoms with van der Waals surface area (Å²) in [6.07, 6.45) is 0.983. The van der Waals surface area contributed by atoms with Crippen LogP contribution >= 0.6 is 0 Å². The summed E-state index contributed by atoms with van der Waals surface area (Å²) in [5.41, 5.74) is 0.981. The van der Waals surface area contributed by atoms with E-state index in [9.17, 15) is 9.90 Å². The van der Waals surface area contributed by atoms with Crippen LogP contribution in [0.1, 0.15) is 16.8 Å². The summed E-state index contributed by atoms with van der Waals surface area (Å²) >= 11 is 0. The van der Waals surface area contributed by atoms with Gasteiger partial charge in [0.05, 0.1) is 24.3 Å². The van der Waals surface area contributed by atoms with Crippen molar-refractivity contribution in [1.29, 1.82) is 0 Å². The molecule has 0 radical (unpaired) electrons. The van der Waals surface area contributed by atoms with Gasteiger partial charge in [-0.15, -0.1) is 0 Å². The highest BCUT2D eigenvalue weighted by Crippen LogP contribution is 2.20. The van der Waals surface area contributed by atoms with E-state index in [0.717, 1.165) is 45.8 Å². The lowest BCUT2D eigenvalue weighted by molar-refractivity contribution is 0.0378. The molecule has 23 heavy (non-hydrogen) atoms. The minimum atomic E-state index is -0.931. The molecule has 2 aromatic rings. The maximum absolute atomic E-state index is 11.4. The number of nitrogens with one attached hydrogen (secondary N) is 1. The van der Waals surface area contributed by atoms with Gasteiger partial charge in [-0.3, -0.25) is 4.90 Å². The summed E-state index contributed by atoms with van der Waals surface area (Å²) in [5.74, 6) is -0.317. The first-order valence-electron chi connectivity index (χ1n) is 7.91. The van der Waals surface area contributed by atoms with E-state index in [1.165, 1.54) is 0 Å². The molecule has 1 aliphatic heterocycles. The van der Waals surface area contributed by atoms with Gasteiger partial charge in [0.25, 0.3) is 0 Å². The minimum Gasteiger partial charge on any atom is -0.478 e. The number of carboxylic acid groups (broad SMARTS) is 1. The van der Waals surface area contributed by atoms with Gasteiger partial charge < -0.3 is 15.2 Å². The van der Waals surface area contributed by atoms with E-state index in [1.807, 2.05) is 18.2 Å². The van der Waals surface area contributed by atoms with Gasteiger partial charge in [0.2, 0.25) is 0 Å². The summed E-state index contributed by atoms with van der Waals surface area (Å²) in [6, 6.07) is 8.92. The number of aromatic nitrogens is 1. The summed E-state index contributed by atoms with van der Waals surface area (Å²) < 4.78 is 5.33. The Morgan fingerprint density at radius 3 is 2.87 bits per heavy atom. The van der Waals surface area contributed by atoms with Crippen molar-refractivity contribution in [3.63, 3.8) is 0 Å².